The number of carbonyl (C=O) groups excluding carboxylic acids is 1. The van der Waals surface area contributed by atoms with Crippen LogP contribution in [0.25, 0.3) is 0 Å². The number of rotatable bonds is 3. The van der Waals surface area contributed by atoms with E-state index in [0.717, 1.165) is 18.8 Å². The predicted octanol–water partition coefficient (Wildman–Crippen LogP) is 2.37. The smallest absolute Gasteiger partial charge is 0.240 e. The van der Waals surface area contributed by atoms with Crippen molar-refractivity contribution >= 4 is 5.91 Å². The normalized spacial score (nSPS) is 42.5. The molecule has 5 atom stereocenters. The van der Waals surface area contributed by atoms with E-state index in [9.17, 15) is 4.79 Å². The average Bonchev–Trinajstić information content (AvgIpc) is 2.73. The lowest BCUT2D eigenvalue weighted by Gasteiger charge is -2.33. The Labute approximate surface area is 105 Å². The van der Waals surface area contributed by atoms with Crippen molar-refractivity contribution in [1.29, 1.82) is 0 Å². The van der Waals surface area contributed by atoms with Crippen LogP contribution in [0.4, 0.5) is 0 Å². The summed E-state index contributed by atoms with van der Waals surface area (Å²) in [7, 11) is 0. The first-order valence-electron chi connectivity index (χ1n) is 7.14. The van der Waals surface area contributed by atoms with Gasteiger partial charge < -0.3 is 4.90 Å². The van der Waals surface area contributed by atoms with Gasteiger partial charge in [0.15, 0.2) is 0 Å². The maximum Gasteiger partial charge on any atom is 0.240 e. The molecule has 3 heteroatoms. The molecule has 1 N–H and O–H groups in total. The van der Waals surface area contributed by atoms with Gasteiger partial charge in [0, 0.05) is 6.04 Å². The Kier molecular flexibility index (Phi) is 3.76. The van der Waals surface area contributed by atoms with Gasteiger partial charge in [0.1, 0.15) is 0 Å². The molecule has 2 aliphatic rings. The summed E-state index contributed by atoms with van der Waals surface area (Å²) in [6, 6.07) is 0.473. The summed E-state index contributed by atoms with van der Waals surface area (Å²) < 4.78 is 0. The van der Waals surface area contributed by atoms with Gasteiger partial charge in [0.2, 0.25) is 5.91 Å². The van der Waals surface area contributed by atoms with Gasteiger partial charge in [0.25, 0.3) is 0 Å². The first kappa shape index (κ1) is 12.9. The Morgan fingerprint density at radius 3 is 2.53 bits per heavy atom. The molecule has 0 bridgehead atoms. The average molecular weight is 238 g/mol. The van der Waals surface area contributed by atoms with Crippen LogP contribution in [0.3, 0.4) is 0 Å². The second kappa shape index (κ2) is 4.97. The SMILES string of the molecule is CCCC1NC(C)C(=O)N1C1CCC(C)C1C. The van der Waals surface area contributed by atoms with Crippen LogP contribution in [0.5, 0.6) is 0 Å². The van der Waals surface area contributed by atoms with Crippen molar-refractivity contribution in [3.63, 3.8) is 0 Å². The lowest BCUT2D eigenvalue weighted by Crippen LogP contribution is -2.46. The Morgan fingerprint density at radius 2 is 2.00 bits per heavy atom. The van der Waals surface area contributed by atoms with E-state index in [2.05, 4.69) is 31.0 Å². The van der Waals surface area contributed by atoms with Crippen molar-refractivity contribution < 1.29 is 4.79 Å². The van der Waals surface area contributed by atoms with E-state index in [1.165, 1.54) is 12.8 Å². The molecule has 0 aromatic heterocycles. The first-order chi connectivity index (χ1) is 8.06. The number of nitrogens with zero attached hydrogens (tertiary/aromatic N) is 1. The minimum atomic E-state index is 0.00894. The van der Waals surface area contributed by atoms with Crippen molar-refractivity contribution in [2.24, 2.45) is 11.8 Å². The van der Waals surface area contributed by atoms with Gasteiger partial charge >= 0.3 is 0 Å². The third-order valence-electron chi connectivity index (χ3n) is 4.74. The molecule has 1 saturated heterocycles. The lowest BCUT2D eigenvalue weighted by molar-refractivity contribution is -0.132. The molecule has 0 aromatic rings. The molecule has 1 amide bonds. The number of carbonyl (C=O) groups is 1. The van der Waals surface area contributed by atoms with Gasteiger partial charge in [-0.2, -0.15) is 0 Å². The predicted molar refractivity (Wildman–Crippen MR) is 69.5 cm³/mol. The molecule has 1 aliphatic carbocycles. The minimum Gasteiger partial charge on any atom is -0.323 e. The second-order valence-electron chi connectivity index (χ2n) is 5.92. The third-order valence-corrected chi connectivity index (χ3v) is 4.74. The van der Waals surface area contributed by atoms with Crippen LogP contribution in [0.2, 0.25) is 0 Å². The number of nitrogens with one attached hydrogen (secondary N) is 1. The van der Waals surface area contributed by atoms with E-state index in [1.54, 1.807) is 0 Å². The van der Waals surface area contributed by atoms with E-state index in [1.807, 2.05) is 6.92 Å². The zero-order chi connectivity index (χ0) is 12.6. The quantitative estimate of drug-likeness (QED) is 0.818. The molecule has 98 valence electrons. The topological polar surface area (TPSA) is 32.3 Å². The summed E-state index contributed by atoms with van der Waals surface area (Å²) in [5.74, 6) is 1.71. The van der Waals surface area contributed by atoms with Crippen LogP contribution in [0.15, 0.2) is 0 Å². The Bertz CT molecular complexity index is 292. The monoisotopic (exact) mass is 238 g/mol. The van der Waals surface area contributed by atoms with Gasteiger partial charge in [-0.3, -0.25) is 10.1 Å². The summed E-state index contributed by atoms with van der Waals surface area (Å²) in [5.41, 5.74) is 0. The molecule has 3 nitrogen and oxygen atoms in total. The van der Waals surface area contributed by atoms with Crippen LogP contribution in [0.1, 0.15) is 53.4 Å². The van der Waals surface area contributed by atoms with Crippen LogP contribution in [-0.4, -0.2) is 29.1 Å². The lowest BCUT2D eigenvalue weighted by atomic mass is 9.96. The number of hydrogen-bond acceptors (Lipinski definition) is 2. The molecule has 0 aromatic carbocycles. The van der Waals surface area contributed by atoms with Gasteiger partial charge in [-0.15, -0.1) is 0 Å². The summed E-state index contributed by atoms with van der Waals surface area (Å²) in [4.78, 5) is 14.5. The van der Waals surface area contributed by atoms with E-state index >= 15 is 0 Å². The molecule has 2 fully saturated rings. The van der Waals surface area contributed by atoms with Crippen LogP contribution in [0, 0.1) is 11.8 Å². The Morgan fingerprint density at radius 1 is 1.29 bits per heavy atom. The van der Waals surface area contributed by atoms with Crippen LogP contribution in [-0.2, 0) is 4.79 Å². The van der Waals surface area contributed by atoms with Gasteiger partial charge in [-0.1, -0.05) is 27.2 Å². The summed E-state index contributed by atoms with van der Waals surface area (Å²) in [6.45, 7) is 8.81. The summed E-state index contributed by atoms with van der Waals surface area (Å²) in [5, 5.41) is 3.44. The van der Waals surface area contributed by atoms with E-state index in [4.69, 9.17) is 0 Å². The van der Waals surface area contributed by atoms with Gasteiger partial charge in [0.05, 0.1) is 12.2 Å². The molecule has 17 heavy (non-hydrogen) atoms. The zero-order valence-corrected chi connectivity index (χ0v) is 11.6. The van der Waals surface area contributed by atoms with Crippen LogP contribution < -0.4 is 5.32 Å². The molecular weight excluding hydrogens is 212 g/mol. The van der Waals surface area contributed by atoms with Crippen LogP contribution >= 0.6 is 0 Å². The second-order valence-corrected chi connectivity index (χ2v) is 5.92. The molecule has 0 spiro atoms. The van der Waals surface area contributed by atoms with Crippen molar-refractivity contribution in [3.05, 3.63) is 0 Å². The maximum absolute atomic E-state index is 12.3. The maximum atomic E-state index is 12.3. The largest absolute Gasteiger partial charge is 0.323 e. The van der Waals surface area contributed by atoms with Crippen molar-refractivity contribution in [1.82, 2.24) is 10.2 Å². The highest BCUT2D eigenvalue weighted by Gasteiger charge is 2.44. The molecule has 1 heterocycles. The Hall–Kier alpha value is -0.570. The fourth-order valence-electron chi connectivity index (χ4n) is 3.44. The standard InChI is InChI=1S/C14H26N2O/c1-5-6-13-15-11(4)14(17)16(13)12-8-7-9(2)10(12)3/h9-13,15H,5-8H2,1-4H3. The van der Waals surface area contributed by atoms with E-state index in [0.29, 0.717) is 17.9 Å². The van der Waals surface area contributed by atoms with Crippen molar-refractivity contribution in [2.75, 3.05) is 0 Å². The molecule has 2 rings (SSSR count). The van der Waals surface area contributed by atoms with Crippen molar-refractivity contribution in [3.8, 4) is 0 Å². The molecular formula is C14H26N2O. The van der Waals surface area contributed by atoms with Gasteiger partial charge in [-0.05, 0) is 38.0 Å². The molecule has 5 unspecified atom stereocenters. The van der Waals surface area contributed by atoms with Crippen molar-refractivity contribution in [2.45, 2.75) is 71.6 Å². The van der Waals surface area contributed by atoms with E-state index in [-0.39, 0.29) is 12.2 Å². The highest BCUT2D eigenvalue weighted by molar-refractivity contribution is 5.84. The summed E-state index contributed by atoms with van der Waals surface area (Å²) in [6.07, 6.45) is 4.93. The minimum absolute atomic E-state index is 0.00894. The van der Waals surface area contributed by atoms with Gasteiger partial charge in [-0.25, -0.2) is 0 Å². The molecule has 0 radical (unpaired) electrons. The third kappa shape index (κ3) is 2.22. The molecule has 1 saturated carbocycles. The van der Waals surface area contributed by atoms with E-state index < -0.39 is 0 Å². The molecule has 1 aliphatic heterocycles. The first-order valence-corrected chi connectivity index (χ1v) is 7.14. The summed E-state index contributed by atoms with van der Waals surface area (Å²) >= 11 is 0. The highest BCUT2D eigenvalue weighted by Crippen LogP contribution is 2.37. The number of hydrogen-bond donors (Lipinski definition) is 1. The zero-order valence-electron chi connectivity index (χ0n) is 11.6. The number of amides is 1. The Balaban J connectivity index is 2.13. The highest BCUT2D eigenvalue weighted by atomic mass is 16.2. The fraction of sp³-hybridized carbons (Fsp3) is 0.929. The fourth-order valence-corrected chi connectivity index (χ4v) is 3.44.